The van der Waals surface area contributed by atoms with Crippen molar-refractivity contribution in [2.45, 2.75) is 30.9 Å². The molecule has 1 saturated carbocycles. The smallest absolute Gasteiger partial charge is 0.191 e. The number of rotatable bonds is 6. The summed E-state index contributed by atoms with van der Waals surface area (Å²) in [6.45, 7) is 1.63. The number of halogens is 1. The van der Waals surface area contributed by atoms with Crippen molar-refractivity contribution in [3.8, 4) is 0 Å². The molecule has 2 aliphatic rings. The Morgan fingerprint density at radius 3 is 2.57 bits per heavy atom. The zero-order chi connectivity index (χ0) is 14.6. The van der Waals surface area contributed by atoms with Crippen LogP contribution in [0.2, 0.25) is 0 Å². The van der Waals surface area contributed by atoms with Crippen LogP contribution in [0.4, 0.5) is 0 Å². The number of hydrogen-bond acceptors (Lipinski definition) is 4. The summed E-state index contributed by atoms with van der Waals surface area (Å²) in [5.74, 6) is 2.33. The van der Waals surface area contributed by atoms with Gasteiger partial charge in [-0.05, 0) is 31.4 Å². The van der Waals surface area contributed by atoms with Crippen molar-refractivity contribution in [2.75, 3.05) is 37.9 Å². The standard InChI is InChI=1S/C13H25N3O2S2.HI/c1-14-12(15-8-11-4-3-7-19-11)16-9-13(5-6-13)10-20(2,17)18;/h11H,3-10H2,1-2H3,(H2,14,15,16);1H. The Bertz CT molecular complexity index is 458. The van der Waals surface area contributed by atoms with Gasteiger partial charge in [0.1, 0.15) is 9.84 Å². The second-order valence-electron chi connectivity index (χ2n) is 6.01. The summed E-state index contributed by atoms with van der Waals surface area (Å²) in [5, 5.41) is 7.31. The zero-order valence-corrected chi connectivity index (χ0v) is 16.7. The van der Waals surface area contributed by atoms with Crippen molar-refractivity contribution in [1.82, 2.24) is 10.6 Å². The zero-order valence-electron chi connectivity index (χ0n) is 12.7. The molecule has 0 aromatic rings. The maximum absolute atomic E-state index is 11.4. The van der Waals surface area contributed by atoms with Gasteiger partial charge < -0.3 is 10.6 Å². The minimum atomic E-state index is -2.90. The predicted octanol–water partition coefficient (Wildman–Crippen LogP) is 1.49. The van der Waals surface area contributed by atoms with E-state index in [1.807, 2.05) is 11.8 Å². The van der Waals surface area contributed by atoms with Crippen LogP contribution >= 0.6 is 35.7 Å². The topological polar surface area (TPSA) is 70.6 Å². The van der Waals surface area contributed by atoms with Gasteiger partial charge in [0.15, 0.2) is 5.96 Å². The van der Waals surface area contributed by atoms with Crippen LogP contribution in [0.5, 0.6) is 0 Å². The Balaban J connectivity index is 0.00000220. The molecule has 0 aromatic carbocycles. The van der Waals surface area contributed by atoms with Crippen LogP contribution < -0.4 is 10.6 Å². The molecule has 21 heavy (non-hydrogen) atoms. The van der Waals surface area contributed by atoms with Crippen molar-refractivity contribution in [3.05, 3.63) is 0 Å². The fourth-order valence-corrected chi connectivity index (χ4v) is 5.32. The number of nitrogens with zero attached hydrogens (tertiary/aromatic N) is 1. The normalized spacial score (nSPS) is 24.3. The van der Waals surface area contributed by atoms with E-state index >= 15 is 0 Å². The molecule has 1 unspecified atom stereocenters. The van der Waals surface area contributed by atoms with E-state index in [1.165, 1.54) is 24.9 Å². The van der Waals surface area contributed by atoms with Crippen LogP contribution in [0.1, 0.15) is 25.7 Å². The first-order valence-corrected chi connectivity index (χ1v) is 10.3. The summed E-state index contributed by atoms with van der Waals surface area (Å²) in [7, 11) is -1.15. The number of guanidine groups is 1. The average molecular weight is 447 g/mol. The van der Waals surface area contributed by atoms with Gasteiger partial charge in [-0.1, -0.05) is 0 Å². The highest BCUT2D eigenvalue weighted by Crippen LogP contribution is 2.45. The third kappa shape index (κ3) is 6.94. The molecule has 0 aromatic heterocycles. The van der Waals surface area contributed by atoms with E-state index < -0.39 is 9.84 Å². The highest BCUT2D eigenvalue weighted by molar-refractivity contribution is 14.0. The molecule has 124 valence electrons. The van der Waals surface area contributed by atoms with E-state index in [2.05, 4.69) is 15.6 Å². The molecular formula is C13H26IN3O2S2. The summed E-state index contributed by atoms with van der Waals surface area (Å²) < 4.78 is 22.8. The van der Waals surface area contributed by atoms with E-state index in [9.17, 15) is 8.42 Å². The molecule has 1 aliphatic heterocycles. The molecule has 2 rings (SSSR count). The molecule has 0 bridgehead atoms. The van der Waals surface area contributed by atoms with Crippen LogP contribution in [-0.2, 0) is 9.84 Å². The lowest BCUT2D eigenvalue weighted by molar-refractivity contribution is 0.529. The predicted molar refractivity (Wildman–Crippen MR) is 102 cm³/mol. The van der Waals surface area contributed by atoms with E-state index in [4.69, 9.17) is 0 Å². The number of sulfone groups is 1. The number of hydrogen-bond donors (Lipinski definition) is 2. The summed E-state index contributed by atoms with van der Waals surface area (Å²) >= 11 is 2.01. The number of nitrogens with one attached hydrogen (secondary N) is 2. The van der Waals surface area contributed by atoms with Gasteiger partial charge in [0.05, 0.1) is 5.75 Å². The van der Waals surface area contributed by atoms with Gasteiger partial charge in [-0.2, -0.15) is 11.8 Å². The van der Waals surface area contributed by atoms with Crippen LogP contribution in [-0.4, -0.2) is 57.5 Å². The summed E-state index contributed by atoms with van der Waals surface area (Å²) in [6.07, 6.45) is 5.87. The summed E-state index contributed by atoms with van der Waals surface area (Å²) in [4.78, 5) is 4.21. The molecule has 0 spiro atoms. The van der Waals surface area contributed by atoms with Crippen molar-refractivity contribution < 1.29 is 8.42 Å². The molecule has 0 radical (unpaired) electrons. The van der Waals surface area contributed by atoms with E-state index in [1.54, 1.807) is 7.05 Å². The Hall–Kier alpha value is 0.300. The van der Waals surface area contributed by atoms with Crippen LogP contribution in [0.25, 0.3) is 0 Å². The number of aliphatic imine (C=N–C) groups is 1. The Labute approximate surface area is 149 Å². The SMILES string of the molecule is CN=C(NCC1CCCS1)NCC1(CS(C)(=O)=O)CC1.I. The van der Waals surface area contributed by atoms with Crippen molar-refractivity contribution in [3.63, 3.8) is 0 Å². The molecule has 1 heterocycles. The van der Waals surface area contributed by atoms with E-state index in [0.717, 1.165) is 25.3 Å². The van der Waals surface area contributed by atoms with Crippen molar-refractivity contribution >= 4 is 51.5 Å². The quantitative estimate of drug-likeness (QED) is 0.367. The molecule has 2 fully saturated rings. The maximum Gasteiger partial charge on any atom is 0.191 e. The van der Waals surface area contributed by atoms with Gasteiger partial charge in [0.2, 0.25) is 0 Å². The van der Waals surface area contributed by atoms with Crippen LogP contribution in [0.3, 0.4) is 0 Å². The first-order chi connectivity index (χ1) is 9.42. The first kappa shape index (κ1) is 19.3. The monoisotopic (exact) mass is 447 g/mol. The molecule has 2 N–H and O–H groups in total. The largest absolute Gasteiger partial charge is 0.356 e. The second-order valence-corrected chi connectivity index (χ2v) is 9.56. The van der Waals surface area contributed by atoms with Crippen molar-refractivity contribution in [1.29, 1.82) is 0 Å². The maximum atomic E-state index is 11.4. The fourth-order valence-electron chi connectivity index (χ4n) is 2.61. The fraction of sp³-hybridized carbons (Fsp3) is 0.923. The third-order valence-corrected chi connectivity index (χ3v) is 6.44. The van der Waals surface area contributed by atoms with Crippen molar-refractivity contribution in [2.24, 2.45) is 10.4 Å². The average Bonchev–Trinajstić information content (AvgIpc) is 2.90. The Morgan fingerprint density at radius 2 is 2.10 bits per heavy atom. The van der Waals surface area contributed by atoms with Gasteiger partial charge >= 0.3 is 0 Å². The van der Waals surface area contributed by atoms with Gasteiger partial charge in [-0.25, -0.2) is 8.42 Å². The van der Waals surface area contributed by atoms with Gasteiger partial charge in [0, 0.05) is 37.1 Å². The summed E-state index contributed by atoms with van der Waals surface area (Å²) in [6, 6.07) is 0. The van der Waals surface area contributed by atoms with E-state index in [0.29, 0.717) is 11.8 Å². The molecule has 1 aliphatic carbocycles. The lowest BCUT2D eigenvalue weighted by Gasteiger charge is -2.19. The van der Waals surface area contributed by atoms with Gasteiger partial charge in [-0.3, -0.25) is 4.99 Å². The molecule has 5 nitrogen and oxygen atoms in total. The molecule has 0 amide bonds. The minimum absolute atomic E-state index is 0. The van der Waals surface area contributed by atoms with E-state index in [-0.39, 0.29) is 35.1 Å². The van der Waals surface area contributed by atoms with Crippen LogP contribution in [0.15, 0.2) is 4.99 Å². The Morgan fingerprint density at radius 1 is 1.38 bits per heavy atom. The molecule has 8 heteroatoms. The highest BCUT2D eigenvalue weighted by Gasteiger charge is 2.45. The highest BCUT2D eigenvalue weighted by atomic mass is 127. The first-order valence-electron chi connectivity index (χ1n) is 7.16. The lowest BCUT2D eigenvalue weighted by atomic mass is 10.1. The van der Waals surface area contributed by atoms with Gasteiger partial charge in [-0.15, -0.1) is 24.0 Å². The minimum Gasteiger partial charge on any atom is -0.356 e. The third-order valence-electron chi connectivity index (χ3n) is 3.90. The van der Waals surface area contributed by atoms with Crippen LogP contribution in [0, 0.1) is 5.41 Å². The number of thioether (sulfide) groups is 1. The lowest BCUT2D eigenvalue weighted by Crippen LogP contribution is -2.43. The molecule has 1 atom stereocenters. The summed E-state index contributed by atoms with van der Waals surface area (Å²) in [5.41, 5.74) is -0.0622. The Kier molecular flexibility index (Phi) is 7.59. The van der Waals surface area contributed by atoms with Gasteiger partial charge in [0.25, 0.3) is 0 Å². The second kappa shape index (κ2) is 8.24. The molecule has 1 saturated heterocycles. The molecular weight excluding hydrogens is 421 g/mol.